The highest BCUT2D eigenvalue weighted by atomic mass is 16.4. The molecule has 0 fully saturated rings. The molecule has 0 aliphatic rings. The SMILES string of the molecule is Cc1cccc(C(NCC(O)C(C)c2ccccc2)C(=O)O)c1C. The summed E-state index contributed by atoms with van der Waals surface area (Å²) < 4.78 is 0. The monoisotopic (exact) mass is 327 g/mol. The van der Waals surface area contributed by atoms with Crippen molar-refractivity contribution in [3.63, 3.8) is 0 Å². The average Bonchev–Trinajstić information content (AvgIpc) is 2.58. The van der Waals surface area contributed by atoms with Gasteiger partial charge in [-0.3, -0.25) is 10.1 Å². The van der Waals surface area contributed by atoms with E-state index in [4.69, 9.17) is 0 Å². The van der Waals surface area contributed by atoms with Gasteiger partial charge in [-0.05, 0) is 36.1 Å². The number of aliphatic hydroxyl groups excluding tert-OH is 1. The molecular formula is C20H25NO3. The molecule has 3 atom stereocenters. The highest BCUT2D eigenvalue weighted by molar-refractivity contribution is 5.76. The van der Waals surface area contributed by atoms with Gasteiger partial charge in [0, 0.05) is 12.5 Å². The quantitative estimate of drug-likeness (QED) is 0.730. The first-order valence-electron chi connectivity index (χ1n) is 8.17. The zero-order valence-electron chi connectivity index (χ0n) is 14.4. The van der Waals surface area contributed by atoms with E-state index >= 15 is 0 Å². The summed E-state index contributed by atoms with van der Waals surface area (Å²) in [6.45, 7) is 6.03. The van der Waals surface area contributed by atoms with Gasteiger partial charge in [0.25, 0.3) is 0 Å². The fraction of sp³-hybridized carbons (Fsp3) is 0.350. The Morgan fingerprint density at radius 2 is 1.75 bits per heavy atom. The molecule has 0 saturated carbocycles. The largest absolute Gasteiger partial charge is 0.480 e. The van der Waals surface area contributed by atoms with E-state index in [0.717, 1.165) is 22.3 Å². The van der Waals surface area contributed by atoms with Crippen LogP contribution in [0.1, 0.15) is 41.1 Å². The van der Waals surface area contributed by atoms with E-state index in [2.05, 4.69) is 5.32 Å². The first kappa shape index (κ1) is 18.2. The summed E-state index contributed by atoms with van der Waals surface area (Å²) in [5.41, 5.74) is 3.79. The van der Waals surface area contributed by atoms with Crippen LogP contribution in [-0.2, 0) is 4.79 Å². The molecule has 0 spiro atoms. The van der Waals surface area contributed by atoms with E-state index in [1.807, 2.05) is 69.3 Å². The molecule has 0 aliphatic heterocycles. The van der Waals surface area contributed by atoms with E-state index in [1.54, 1.807) is 0 Å². The molecule has 128 valence electrons. The minimum Gasteiger partial charge on any atom is -0.480 e. The molecule has 2 rings (SSSR count). The van der Waals surface area contributed by atoms with Gasteiger partial charge in [-0.1, -0.05) is 55.5 Å². The lowest BCUT2D eigenvalue weighted by molar-refractivity contribution is -0.139. The first-order valence-corrected chi connectivity index (χ1v) is 8.17. The summed E-state index contributed by atoms with van der Waals surface area (Å²) in [7, 11) is 0. The second-order valence-electron chi connectivity index (χ2n) is 6.24. The van der Waals surface area contributed by atoms with Crippen LogP contribution >= 0.6 is 0 Å². The number of aliphatic hydroxyl groups is 1. The zero-order valence-corrected chi connectivity index (χ0v) is 14.4. The third-order valence-corrected chi connectivity index (χ3v) is 4.64. The van der Waals surface area contributed by atoms with Gasteiger partial charge >= 0.3 is 5.97 Å². The third kappa shape index (κ3) is 4.22. The Kier molecular flexibility index (Phi) is 6.12. The number of aliphatic carboxylic acids is 1. The van der Waals surface area contributed by atoms with Gasteiger partial charge in [0.05, 0.1) is 6.10 Å². The van der Waals surface area contributed by atoms with Crippen molar-refractivity contribution in [2.24, 2.45) is 0 Å². The van der Waals surface area contributed by atoms with E-state index in [1.165, 1.54) is 0 Å². The maximum atomic E-state index is 11.7. The second-order valence-corrected chi connectivity index (χ2v) is 6.24. The van der Waals surface area contributed by atoms with Crippen LogP contribution in [-0.4, -0.2) is 28.8 Å². The molecule has 0 heterocycles. The van der Waals surface area contributed by atoms with Gasteiger partial charge < -0.3 is 10.2 Å². The van der Waals surface area contributed by atoms with Gasteiger partial charge in [-0.15, -0.1) is 0 Å². The fourth-order valence-electron chi connectivity index (χ4n) is 2.81. The van der Waals surface area contributed by atoms with Crippen LogP contribution in [0.15, 0.2) is 48.5 Å². The molecule has 0 bridgehead atoms. The molecule has 4 nitrogen and oxygen atoms in total. The molecule has 24 heavy (non-hydrogen) atoms. The summed E-state index contributed by atoms with van der Waals surface area (Å²) in [5, 5.41) is 23.0. The summed E-state index contributed by atoms with van der Waals surface area (Å²) in [6, 6.07) is 14.5. The van der Waals surface area contributed by atoms with Crippen molar-refractivity contribution < 1.29 is 15.0 Å². The van der Waals surface area contributed by atoms with Crippen LogP contribution in [0, 0.1) is 13.8 Å². The van der Waals surface area contributed by atoms with E-state index < -0.39 is 18.1 Å². The van der Waals surface area contributed by atoms with Gasteiger partial charge in [0.2, 0.25) is 0 Å². The maximum Gasteiger partial charge on any atom is 0.325 e. The Balaban J connectivity index is 2.09. The molecule has 3 N–H and O–H groups in total. The molecule has 2 aromatic rings. The minimum absolute atomic E-state index is 0.0771. The summed E-state index contributed by atoms with van der Waals surface area (Å²) in [5.74, 6) is -1.02. The lowest BCUT2D eigenvalue weighted by atomic mass is 9.94. The van der Waals surface area contributed by atoms with Crippen molar-refractivity contribution in [1.82, 2.24) is 5.32 Å². The van der Waals surface area contributed by atoms with Gasteiger partial charge in [-0.25, -0.2) is 0 Å². The Morgan fingerprint density at radius 1 is 1.08 bits per heavy atom. The average molecular weight is 327 g/mol. The van der Waals surface area contributed by atoms with Crippen LogP contribution in [0.2, 0.25) is 0 Å². The molecule has 0 aliphatic carbocycles. The number of carboxylic acid groups (broad SMARTS) is 1. The number of hydrogen-bond donors (Lipinski definition) is 3. The minimum atomic E-state index is -0.941. The number of nitrogens with one attached hydrogen (secondary N) is 1. The van der Waals surface area contributed by atoms with Gasteiger partial charge in [-0.2, -0.15) is 0 Å². The van der Waals surface area contributed by atoms with Crippen LogP contribution in [0.3, 0.4) is 0 Å². The van der Waals surface area contributed by atoms with Gasteiger partial charge in [0.15, 0.2) is 0 Å². The molecule has 3 unspecified atom stereocenters. The summed E-state index contributed by atoms with van der Waals surface area (Å²) in [6.07, 6.45) is -0.667. The second kappa shape index (κ2) is 8.08. The van der Waals surface area contributed by atoms with Crippen LogP contribution in [0.4, 0.5) is 0 Å². The highest BCUT2D eigenvalue weighted by Crippen LogP contribution is 2.22. The van der Waals surface area contributed by atoms with Crippen molar-refractivity contribution in [3.05, 3.63) is 70.8 Å². The highest BCUT2D eigenvalue weighted by Gasteiger charge is 2.24. The number of carbonyl (C=O) groups is 1. The van der Waals surface area contributed by atoms with E-state index in [-0.39, 0.29) is 12.5 Å². The maximum absolute atomic E-state index is 11.7. The molecule has 0 saturated heterocycles. The standard InChI is InChI=1S/C20H25NO3/c1-13-8-7-11-17(14(13)2)19(20(23)24)21-12-18(22)15(3)16-9-5-4-6-10-16/h4-11,15,18-19,21-22H,12H2,1-3H3,(H,23,24). The summed E-state index contributed by atoms with van der Waals surface area (Å²) in [4.78, 5) is 11.7. The number of aryl methyl sites for hydroxylation is 1. The molecule has 0 radical (unpaired) electrons. The Morgan fingerprint density at radius 3 is 2.38 bits per heavy atom. The number of carboxylic acids is 1. The van der Waals surface area contributed by atoms with Crippen LogP contribution < -0.4 is 5.32 Å². The van der Waals surface area contributed by atoms with Crippen LogP contribution in [0.25, 0.3) is 0 Å². The summed E-state index contributed by atoms with van der Waals surface area (Å²) >= 11 is 0. The number of hydrogen-bond acceptors (Lipinski definition) is 3. The lowest BCUT2D eigenvalue weighted by Gasteiger charge is -2.23. The fourth-order valence-corrected chi connectivity index (χ4v) is 2.81. The van der Waals surface area contributed by atoms with E-state index in [9.17, 15) is 15.0 Å². The number of benzene rings is 2. The molecule has 2 aromatic carbocycles. The molecule has 4 heteroatoms. The molecule has 0 aromatic heterocycles. The Labute approximate surface area is 143 Å². The zero-order chi connectivity index (χ0) is 17.7. The molecule has 0 amide bonds. The molecular weight excluding hydrogens is 302 g/mol. The normalized spacial score (nSPS) is 14.8. The Bertz CT molecular complexity index is 685. The van der Waals surface area contributed by atoms with Crippen LogP contribution in [0.5, 0.6) is 0 Å². The van der Waals surface area contributed by atoms with Crippen molar-refractivity contribution in [1.29, 1.82) is 0 Å². The van der Waals surface area contributed by atoms with Crippen molar-refractivity contribution in [2.75, 3.05) is 6.54 Å². The van der Waals surface area contributed by atoms with Crippen molar-refractivity contribution in [2.45, 2.75) is 38.8 Å². The van der Waals surface area contributed by atoms with Crippen molar-refractivity contribution in [3.8, 4) is 0 Å². The van der Waals surface area contributed by atoms with Crippen molar-refractivity contribution >= 4 is 5.97 Å². The predicted octanol–water partition coefficient (Wildman–Crippen LogP) is 3.18. The predicted molar refractivity (Wildman–Crippen MR) is 95.2 cm³/mol. The smallest absolute Gasteiger partial charge is 0.325 e. The first-order chi connectivity index (χ1) is 11.4. The van der Waals surface area contributed by atoms with E-state index in [0.29, 0.717) is 0 Å². The topological polar surface area (TPSA) is 69.6 Å². The Hall–Kier alpha value is -2.17. The third-order valence-electron chi connectivity index (χ3n) is 4.64. The number of rotatable bonds is 7. The van der Waals surface area contributed by atoms with Gasteiger partial charge in [0.1, 0.15) is 6.04 Å². The lowest BCUT2D eigenvalue weighted by Crippen LogP contribution is -2.37.